The van der Waals surface area contributed by atoms with Crippen LogP contribution in [0.3, 0.4) is 0 Å². The van der Waals surface area contributed by atoms with E-state index < -0.39 is 0 Å². The molecule has 1 rings (SSSR count). The maximum atomic E-state index is 11.2. The molecular weight excluding hydrogens is 190 g/mol. The van der Waals surface area contributed by atoms with Crippen LogP contribution >= 0.6 is 0 Å². The molecule has 15 heavy (non-hydrogen) atoms. The number of ether oxygens (including phenoxy) is 1. The van der Waals surface area contributed by atoms with Crippen LogP contribution in [0, 0.1) is 0 Å². The van der Waals surface area contributed by atoms with E-state index in [9.17, 15) is 4.79 Å². The largest absolute Gasteiger partial charge is 0.384 e. The maximum Gasteiger partial charge on any atom is 0.222 e. The second-order valence-corrected chi connectivity index (χ2v) is 3.95. The molecule has 0 unspecified atom stereocenters. The number of hydrogen-bond donors (Lipinski definition) is 1. The van der Waals surface area contributed by atoms with E-state index in [0.717, 1.165) is 13.0 Å². The molecule has 0 aromatic carbocycles. The van der Waals surface area contributed by atoms with Gasteiger partial charge in [-0.25, -0.2) is 0 Å². The number of allylic oxidation sites excluding steroid dienone is 1. The molecule has 0 aromatic heterocycles. The van der Waals surface area contributed by atoms with E-state index in [-0.39, 0.29) is 5.91 Å². The molecule has 3 nitrogen and oxygen atoms in total. The van der Waals surface area contributed by atoms with Gasteiger partial charge in [-0.3, -0.25) is 4.79 Å². The van der Waals surface area contributed by atoms with Gasteiger partial charge in [-0.05, 0) is 32.1 Å². The van der Waals surface area contributed by atoms with E-state index >= 15 is 0 Å². The first-order chi connectivity index (χ1) is 7.33. The quantitative estimate of drug-likeness (QED) is 0.683. The Kier molecular flexibility index (Phi) is 6.09. The van der Waals surface area contributed by atoms with Crippen molar-refractivity contribution in [2.45, 2.75) is 38.5 Å². The first kappa shape index (κ1) is 12.2. The van der Waals surface area contributed by atoms with Crippen LogP contribution in [-0.2, 0) is 9.53 Å². The predicted octanol–water partition coefficient (Wildman–Crippen LogP) is 2.03. The Hall–Kier alpha value is -0.830. The first-order valence-corrected chi connectivity index (χ1v) is 5.76. The van der Waals surface area contributed by atoms with Crippen LogP contribution in [0.5, 0.6) is 0 Å². The van der Waals surface area contributed by atoms with Crippen LogP contribution < -0.4 is 5.32 Å². The lowest BCUT2D eigenvalue weighted by Gasteiger charge is -2.12. The second-order valence-electron chi connectivity index (χ2n) is 3.95. The van der Waals surface area contributed by atoms with Gasteiger partial charge in [-0.2, -0.15) is 0 Å². The molecule has 1 amide bonds. The Morgan fingerprint density at radius 1 is 1.53 bits per heavy atom. The summed E-state index contributed by atoms with van der Waals surface area (Å²) in [6.07, 6.45) is 8.87. The molecule has 86 valence electrons. The number of carbonyl (C=O) groups excluding carboxylic acids is 1. The smallest absolute Gasteiger partial charge is 0.222 e. The van der Waals surface area contributed by atoms with Gasteiger partial charge in [-0.1, -0.05) is 11.6 Å². The van der Waals surface area contributed by atoms with Crippen LogP contribution in [0.1, 0.15) is 38.5 Å². The van der Waals surface area contributed by atoms with Gasteiger partial charge in [0.15, 0.2) is 0 Å². The van der Waals surface area contributed by atoms with E-state index in [1.165, 1.54) is 31.3 Å². The van der Waals surface area contributed by atoms with Crippen molar-refractivity contribution in [2.24, 2.45) is 0 Å². The molecule has 1 aliphatic rings. The highest BCUT2D eigenvalue weighted by Gasteiger charge is 2.04. The van der Waals surface area contributed by atoms with Crippen LogP contribution in [0.4, 0.5) is 0 Å². The normalized spacial score (nSPS) is 15.9. The number of rotatable bonds is 6. The molecule has 1 N–H and O–H groups in total. The van der Waals surface area contributed by atoms with Gasteiger partial charge in [0, 0.05) is 20.1 Å². The summed E-state index contributed by atoms with van der Waals surface area (Å²) in [6, 6.07) is 0. The molecule has 0 saturated heterocycles. The average molecular weight is 211 g/mol. The molecule has 1 aliphatic carbocycles. The van der Waals surface area contributed by atoms with Gasteiger partial charge >= 0.3 is 0 Å². The zero-order chi connectivity index (χ0) is 10.9. The van der Waals surface area contributed by atoms with Crippen molar-refractivity contribution in [3.63, 3.8) is 0 Å². The standard InChI is InChI=1S/C12H21NO2/c1-15-10-8-12(14)13-9-7-11-5-3-2-4-6-11/h5H,2-4,6-10H2,1H3,(H,13,14). The van der Waals surface area contributed by atoms with Gasteiger partial charge in [0.1, 0.15) is 0 Å². The predicted molar refractivity (Wildman–Crippen MR) is 60.7 cm³/mol. The topological polar surface area (TPSA) is 38.3 Å². The van der Waals surface area contributed by atoms with Gasteiger partial charge in [0.25, 0.3) is 0 Å². The number of hydrogen-bond acceptors (Lipinski definition) is 2. The van der Waals surface area contributed by atoms with Crippen LogP contribution in [-0.4, -0.2) is 26.2 Å². The van der Waals surface area contributed by atoms with E-state index in [1.807, 2.05) is 0 Å². The summed E-state index contributed by atoms with van der Waals surface area (Å²) >= 11 is 0. The summed E-state index contributed by atoms with van der Waals surface area (Å²) < 4.78 is 4.84. The van der Waals surface area contributed by atoms with Crippen LogP contribution in [0.15, 0.2) is 11.6 Å². The SMILES string of the molecule is COCCC(=O)NCCC1=CCCCC1. The third kappa shape index (κ3) is 5.57. The van der Waals surface area contributed by atoms with E-state index in [1.54, 1.807) is 7.11 Å². The maximum absolute atomic E-state index is 11.2. The fourth-order valence-electron chi connectivity index (χ4n) is 1.78. The third-order valence-electron chi connectivity index (χ3n) is 2.69. The van der Waals surface area contributed by atoms with Crippen molar-refractivity contribution >= 4 is 5.91 Å². The zero-order valence-electron chi connectivity index (χ0n) is 9.55. The molecule has 0 spiro atoms. The summed E-state index contributed by atoms with van der Waals surface area (Å²) in [5.74, 6) is 0.0910. The molecule has 0 aromatic rings. The van der Waals surface area contributed by atoms with Crippen molar-refractivity contribution < 1.29 is 9.53 Å². The average Bonchev–Trinajstić information content (AvgIpc) is 2.28. The highest BCUT2D eigenvalue weighted by molar-refractivity contribution is 5.75. The molecule has 3 heteroatoms. The summed E-state index contributed by atoms with van der Waals surface area (Å²) in [7, 11) is 1.61. The first-order valence-electron chi connectivity index (χ1n) is 5.76. The summed E-state index contributed by atoms with van der Waals surface area (Å²) in [6.45, 7) is 1.28. The molecule has 0 aliphatic heterocycles. The number of amides is 1. The number of methoxy groups -OCH3 is 1. The molecule has 0 saturated carbocycles. The van der Waals surface area contributed by atoms with Crippen molar-refractivity contribution in [1.29, 1.82) is 0 Å². The number of carbonyl (C=O) groups is 1. The summed E-state index contributed by atoms with van der Waals surface area (Å²) in [5.41, 5.74) is 1.51. The lowest BCUT2D eigenvalue weighted by atomic mass is 9.97. The minimum absolute atomic E-state index is 0.0910. The van der Waals surface area contributed by atoms with E-state index in [0.29, 0.717) is 13.0 Å². The minimum atomic E-state index is 0.0910. The number of nitrogens with one attached hydrogen (secondary N) is 1. The van der Waals surface area contributed by atoms with E-state index in [2.05, 4.69) is 11.4 Å². The van der Waals surface area contributed by atoms with Gasteiger partial charge in [0.2, 0.25) is 5.91 Å². The molecule has 0 heterocycles. The molecular formula is C12H21NO2. The van der Waals surface area contributed by atoms with Crippen molar-refractivity contribution in [3.05, 3.63) is 11.6 Å². The monoisotopic (exact) mass is 211 g/mol. The Bertz CT molecular complexity index is 224. The molecule has 0 atom stereocenters. The Morgan fingerprint density at radius 2 is 2.40 bits per heavy atom. The Morgan fingerprint density at radius 3 is 3.07 bits per heavy atom. The van der Waals surface area contributed by atoms with Crippen molar-refractivity contribution in [3.8, 4) is 0 Å². The lowest BCUT2D eigenvalue weighted by Crippen LogP contribution is -2.25. The lowest BCUT2D eigenvalue weighted by molar-refractivity contribution is -0.121. The van der Waals surface area contributed by atoms with Crippen LogP contribution in [0.2, 0.25) is 0 Å². The fraction of sp³-hybridized carbons (Fsp3) is 0.750. The third-order valence-corrected chi connectivity index (χ3v) is 2.69. The van der Waals surface area contributed by atoms with Gasteiger partial charge in [-0.15, -0.1) is 0 Å². The van der Waals surface area contributed by atoms with E-state index in [4.69, 9.17) is 4.74 Å². The van der Waals surface area contributed by atoms with Crippen molar-refractivity contribution in [2.75, 3.05) is 20.3 Å². The van der Waals surface area contributed by atoms with Crippen molar-refractivity contribution in [1.82, 2.24) is 5.32 Å². The molecule has 0 bridgehead atoms. The van der Waals surface area contributed by atoms with Gasteiger partial charge < -0.3 is 10.1 Å². The minimum Gasteiger partial charge on any atom is -0.384 e. The Balaban J connectivity index is 2.04. The highest BCUT2D eigenvalue weighted by atomic mass is 16.5. The zero-order valence-corrected chi connectivity index (χ0v) is 9.55. The van der Waals surface area contributed by atoms with Crippen LogP contribution in [0.25, 0.3) is 0 Å². The molecule has 0 fully saturated rings. The summed E-state index contributed by atoms with van der Waals surface area (Å²) in [4.78, 5) is 11.2. The summed E-state index contributed by atoms with van der Waals surface area (Å²) in [5, 5.41) is 2.90. The second kappa shape index (κ2) is 7.46. The highest BCUT2D eigenvalue weighted by Crippen LogP contribution is 2.19. The molecule has 0 radical (unpaired) electrons. The Labute approximate surface area is 91.9 Å². The van der Waals surface area contributed by atoms with Gasteiger partial charge in [0.05, 0.1) is 6.61 Å². The fourth-order valence-corrected chi connectivity index (χ4v) is 1.78.